The number of nitrogens with one attached hydrogen (secondary N) is 1. The summed E-state index contributed by atoms with van der Waals surface area (Å²) < 4.78 is 24.8. The quantitative estimate of drug-likeness (QED) is 0.411. The summed E-state index contributed by atoms with van der Waals surface area (Å²) in [5.74, 6) is -0.779. The number of benzene rings is 3. The summed E-state index contributed by atoms with van der Waals surface area (Å²) in [6, 6.07) is 15.6. The molecular weight excluding hydrogens is 433 g/mol. The Labute approximate surface area is 188 Å². The molecule has 0 aliphatic rings. The predicted molar refractivity (Wildman–Crippen MR) is 123 cm³/mol. The lowest BCUT2D eigenvalue weighted by atomic mass is 10.0. The topological polar surface area (TPSA) is 68.5 Å². The lowest BCUT2D eigenvalue weighted by Crippen LogP contribution is -2.22. The number of carbonyl (C=O) groups excluding carboxylic acids is 1. The summed E-state index contributed by atoms with van der Waals surface area (Å²) in [4.78, 5) is 25.6. The maximum atomic E-state index is 13.3. The maximum absolute atomic E-state index is 13.3. The third-order valence-corrected chi connectivity index (χ3v) is 5.30. The molecule has 1 aromatic heterocycles. The number of hydrogen-bond donors (Lipinski definition) is 1. The highest BCUT2D eigenvalue weighted by molar-refractivity contribution is 6.30. The highest BCUT2D eigenvalue weighted by Gasteiger charge is 2.19. The van der Waals surface area contributed by atoms with Crippen molar-refractivity contribution < 1.29 is 18.3 Å². The van der Waals surface area contributed by atoms with Crippen LogP contribution in [-0.2, 0) is 4.79 Å². The molecule has 0 unspecified atom stereocenters. The molecule has 0 bridgehead atoms. The molecule has 5 nitrogen and oxygen atoms in total. The Morgan fingerprint density at radius 1 is 1.03 bits per heavy atom. The number of amides is 1. The molecule has 0 aliphatic carbocycles. The van der Waals surface area contributed by atoms with E-state index >= 15 is 0 Å². The number of ether oxygens (including phenoxy) is 1. The number of aryl methyl sites for hydroxylation is 2. The standard InChI is InChI=1S/C25H19ClFNO4/c1-14-11-20-21(12-15(14)2)32-24(16-3-5-17(26)6-4-16)25(23(20)30)31-13-22(29)28-19-9-7-18(27)8-10-19/h3-12H,13H2,1-2H3,(H,28,29). The Morgan fingerprint density at radius 2 is 1.69 bits per heavy atom. The molecule has 1 amide bonds. The maximum Gasteiger partial charge on any atom is 0.262 e. The average molecular weight is 452 g/mol. The van der Waals surface area contributed by atoms with Crippen molar-refractivity contribution in [1.82, 2.24) is 0 Å². The van der Waals surface area contributed by atoms with Gasteiger partial charge in [-0.2, -0.15) is 0 Å². The SMILES string of the molecule is Cc1cc2oc(-c3ccc(Cl)cc3)c(OCC(=O)Nc3ccc(F)cc3)c(=O)c2cc1C. The molecule has 0 radical (unpaired) electrons. The van der Waals surface area contributed by atoms with Crippen LogP contribution in [0.3, 0.4) is 0 Å². The summed E-state index contributed by atoms with van der Waals surface area (Å²) in [7, 11) is 0. The van der Waals surface area contributed by atoms with Gasteiger partial charge >= 0.3 is 0 Å². The van der Waals surface area contributed by atoms with Gasteiger partial charge in [0, 0.05) is 16.3 Å². The van der Waals surface area contributed by atoms with Crippen LogP contribution in [0.2, 0.25) is 5.02 Å². The number of halogens is 2. The van der Waals surface area contributed by atoms with E-state index < -0.39 is 18.3 Å². The first-order valence-electron chi connectivity index (χ1n) is 9.84. The molecule has 0 fully saturated rings. The summed E-state index contributed by atoms with van der Waals surface area (Å²) in [5.41, 5.74) is 2.95. The van der Waals surface area contributed by atoms with Crippen molar-refractivity contribution in [2.75, 3.05) is 11.9 Å². The Morgan fingerprint density at radius 3 is 2.38 bits per heavy atom. The number of hydrogen-bond acceptors (Lipinski definition) is 4. The Kier molecular flexibility index (Phi) is 5.97. The fraction of sp³-hybridized carbons (Fsp3) is 0.120. The molecular formula is C25H19ClFNO4. The van der Waals surface area contributed by atoms with Crippen LogP contribution in [-0.4, -0.2) is 12.5 Å². The normalized spacial score (nSPS) is 10.9. The second kappa shape index (κ2) is 8.85. The van der Waals surface area contributed by atoms with Crippen molar-refractivity contribution in [2.45, 2.75) is 13.8 Å². The van der Waals surface area contributed by atoms with Gasteiger partial charge in [-0.15, -0.1) is 0 Å². The zero-order valence-electron chi connectivity index (χ0n) is 17.4. The molecule has 3 aromatic carbocycles. The van der Waals surface area contributed by atoms with E-state index in [-0.39, 0.29) is 16.9 Å². The monoisotopic (exact) mass is 451 g/mol. The molecule has 0 saturated carbocycles. The van der Waals surface area contributed by atoms with Crippen LogP contribution in [0.25, 0.3) is 22.3 Å². The fourth-order valence-corrected chi connectivity index (χ4v) is 3.35. The van der Waals surface area contributed by atoms with Crippen LogP contribution < -0.4 is 15.5 Å². The van der Waals surface area contributed by atoms with Gasteiger partial charge in [-0.05, 0) is 85.6 Å². The van der Waals surface area contributed by atoms with Gasteiger partial charge in [-0.1, -0.05) is 11.6 Å². The largest absolute Gasteiger partial charge is 0.476 e. The molecule has 162 valence electrons. The first-order valence-corrected chi connectivity index (χ1v) is 10.2. The number of fused-ring (bicyclic) bond motifs is 1. The van der Waals surface area contributed by atoms with Gasteiger partial charge in [0.1, 0.15) is 11.4 Å². The average Bonchev–Trinajstić information content (AvgIpc) is 2.76. The van der Waals surface area contributed by atoms with Gasteiger partial charge in [0.25, 0.3) is 5.91 Å². The van der Waals surface area contributed by atoms with E-state index in [1.807, 2.05) is 13.8 Å². The van der Waals surface area contributed by atoms with Crippen LogP contribution in [0.5, 0.6) is 5.75 Å². The Hall–Kier alpha value is -3.64. The van der Waals surface area contributed by atoms with Crippen LogP contribution in [0, 0.1) is 19.7 Å². The number of anilines is 1. The van der Waals surface area contributed by atoms with Gasteiger partial charge in [0.2, 0.25) is 11.2 Å². The minimum Gasteiger partial charge on any atom is -0.476 e. The number of carbonyl (C=O) groups is 1. The lowest BCUT2D eigenvalue weighted by Gasteiger charge is -2.13. The molecule has 1 heterocycles. The second-order valence-electron chi connectivity index (χ2n) is 7.37. The Bertz CT molecular complexity index is 1360. The predicted octanol–water partition coefficient (Wildman–Crippen LogP) is 5.89. The zero-order valence-corrected chi connectivity index (χ0v) is 18.1. The van der Waals surface area contributed by atoms with Crippen molar-refractivity contribution in [2.24, 2.45) is 0 Å². The summed E-state index contributed by atoms with van der Waals surface area (Å²) >= 11 is 5.99. The van der Waals surface area contributed by atoms with Crippen LogP contribution in [0.4, 0.5) is 10.1 Å². The smallest absolute Gasteiger partial charge is 0.262 e. The van der Waals surface area contributed by atoms with E-state index in [1.54, 1.807) is 36.4 Å². The minimum atomic E-state index is -0.502. The van der Waals surface area contributed by atoms with E-state index in [9.17, 15) is 14.0 Å². The first-order chi connectivity index (χ1) is 15.3. The van der Waals surface area contributed by atoms with Gasteiger partial charge < -0.3 is 14.5 Å². The summed E-state index contributed by atoms with van der Waals surface area (Å²) in [6.07, 6.45) is 0. The molecule has 4 aromatic rings. The van der Waals surface area contributed by atoms with Gasteiger partial charge in [-0.25, -0.2) is 4.39 Å². The van der Waals surface area contributed by atoms with Crippen molar-refractivity contribution in [3.63, 3.8) is 0 Å². The van der Waals surface area contributed by atoms with Crippen molar-refractivity contribution in [3.05, 3.63) is 92.9 Å². The lowest BCUT2D eigenvalue weighted by molar-refractivity contribution is -0.118. The van der Waals surface area contributed by atoms with E-state index in [4.69, 9.17) is 20.8 Å². The molecule has 4 rings (SSSR count). The zero-order chi connectivity index (χ0) is 22.8. The highest BCUT2D eigenvalue weighted by atomic mass is 35.5. The van der Waals surface area contributed by atoms with E-state index in [2.05, 4.69) is 5.32 Å². The van der Waals surface area contributed by atoms with Crippen molar-refractivity contribution >= 4 is 34.2 Å². The Balaban J connectivity index is 1.71. The third-order valence-electron chi connectivity index (χ3n) is 5.05. The molecule has 1 N–H and O–H groups in total. The summed E-state index contributed by atoms with van der Waals surface area (Å²) in [6.45, 7) is 3.40. The van der Waals surface area contributed by atoms with Crippen LogP contribution in [0.15, 0.2) is 69.9 Å². The fourth-order valence-electron chi connectivity index (χ4n) is 3.22. The molecule has 0 saturated heterocycles. The van der Waals surface area contributed by atoms with Crippen molar-refractivity contribution in [1.29, 1.82) is 0 Å². The van der Waals surface area contributed by atoms with Crippen LogP contribution in [0.1, 0.15) is 11.1 Å². The first kappa shape index (κ1) is 21.6. The molecule has 32 heavy (non-hydrogen) atoms. The number of rotatable bonds is 5. The van der Waals surface area contributed by atoms with E-state index in [0.717, 1.165) is 11.1 Å². The highest BCUT2D eigenvalue weighted by Crippen LogP contribution is 2.32. The van der Waals surface area contributed by atoms with Gasteiger partial charge in [0.05, 0.1) is 5.39 Å². The van der Waals surface area contributed by atoms with Crippen molar-refractivity contribution in [3.8, 4) is 17.1 Å². The third kappa shape index (κ3) is 4.50. The van der Waals surface area contributed by atoms with E-state index in [0.29, 0.717) is 27.2 Å². The molecule has 7 heteroatoms. The molecule has 0 spiro atoms. The van der Waals surface area contributed by atoms with Gasteiger partial charge in [-0.3, -0.25) is 9.59 Å². The summed E-state index contributed by atoms with van der Waals surface area (Å²) in [5, 5.41) is 3.49. The second-order valence-corrected chi connectivity index (χ2v) is 7.81. The molecule has 0 atom stereocenters. The molecule has 0 aliphatic heterocycles. The minimum absolute atomic E-state index is 0.0719. The van der Waals surface area contributed by atoms with E-state index in [1.165, 1.54) is 24.3 Å². The van der Waals surface area contributed by atoms with Gasteiger partial charge in [0.15, 0.2) is 12.4 Å². The van der Waals surface area contributed by atoms with Crippen LogP contribution >= 0.6 is 11.6 Å².